The van der Waals surface area contributed by atoms with E-state index >= 15 is 0 Å². The molecule has 8 heteroatoms. The Morgan fingerprint density at radius 3 is 3.00 bits per heavy atom. The van der Waals surface area contributed by atoms with Gasteiger partial charge in [-0.15, -0.1) is 0 Å². The molecule has 0 bridgehead atoms. The van der Waals surface area contributed by atoms with Crippen molar-refractivity contribution in [2.45, 2.75) is 52.2 Å². The van der Waals surface area contributed by atoms with Crippen LogP contribution in [-0.4, -0.2) is 40.4 Å². The van der Waals surface area contributed by atoms with Crippen molar-refractivity contribution in [3.8, 4) is 11.4 Å². The molecule has 7 nitrogen and oxygen atoms in total. The zero-order chi connectivity index (χ0) is 20.0. The Balaban J connectivity index is 1.63. The Labute approximate surface area is 170 Å². The highest BCUT2D eigenvalue weighted by Crippen LogP contribution is 2.35. The van der Waals surface area contributed by atoms with E-state index in [9.17, 15) is 5.11 Å². The van der Waals surface area contributed by atoms with E-state index in [4.69, 9.17) is 16.1 Å². The zero-order valence-corrected chi connectivity index (χ0v) is 17.2. The van der Waals surface area contributed by atoms with Crippen LogP contribution in [0.2, 0.25) is 5.02 Å². The van der Waals surface area contributed by atoms with E-state index in [0.717, 1.165) is 37.8 Å². The molecule has 2 atom stereocenters. The first-order valence-corrected chi connectivity index (χ1v) is 10.2. The van der Waals surface area contributed by atoms with Crippen molar-refractivity contribution in [2.75, 3.05) is 13.1 Å². The molecule has 1 fully saturated rings. The fourth-order valence-electron chi connectivity index (χ4n) is 3.43. The highest BCUT2D eigenvalue weighted by Gasteiger charge is 2.35. The van der Waals surface area contributed by atoms with Crippen LogP contribution in [0.25, 0.3) is 11.4 Å². The molecular weight excluding hydrogens is 378 g/mol. The summed E-state index contributed by atoms with van der Waals surface area (Å²) in [6.45, 7) is 5.81. The van der Waals surface area contributed by atoms with E-state index in [0.29, 0.717) is 29.2 Å². The lowest BCUT2D eigenvalue weighted by molar-refractivity contribution is 0.00397. The van der Waals surface area contributed by atoms with Crippen LogP contribution in [-0.2, 0) is 6.54 Å². The van der Waals surface area contributed by atoms with Crippen LogP contribution >= 0.6 is 11.6 Å². The number of aliphatic hydroxyl groups excluding tert-OH is 1. The summed E-state index contributed by atoms with van der Waals surface area (Å²) in [6.07, 6.45) is 3.83. The number of hydrogen-bond donors (Lipinski definition) is 3. The molecule has 0 radical (unpaired) electrons. The van der Waals surface area contributed by atoms with Gasteiger partial charge < -0.3 is 20.3 Å². The van der Waals surface area contributed by atoms with Gasteiger partial charge in [-0.25, -0.2) is 4.99 Å². The number of hydrogen-bond acceptors (Lipinski definition) is 5. The number of aliphatic hydroxyl groups is 1. The van der Waals surface area contributed by atoms with Crippen molar-refractivity contribution < 1.29 is 9.63 Å². The minimum absolute atomic E-state index is 0.140. The van der Waals surface area contributed by atoms with E-state index in [1.165, 1.54) is 0 Å². The molecule has 1 aliphatic carbocycles. The number of guanidine groups is 1. The fraction of sp³-hybridized carbons (Fsp3) is 0.550. The van der Waals surface area contributed by atoms with E-state index in [-0.39, 0.29) is 18.1 Å². The first-order valence-electron chi connectivity index (χ1n) is 9.79. The molecule has 152 valence electrons. The molecule has 0 saturated heterocycles. The number of halogens is 1. The van der Waals surface area contributed by atoms with Crippen molar-refractivity contribution in [3.05, 3.63) is 35.2 Å². The molecule has 1 heterocycles. The lowest BCUT2D eigenvalue weighted by Crippen LogP contribution is -2.48. The maximum Gasteiger partial charge on any atom is 0.248 e. The lowest BCUT2D eigenvalue weighted by atomic mass is 9.73. The Morgan fingerprint density at radius 2 is 2.25 bits per heavy atom. The van der Waals surface area contributed by atoms with E-state index < -0.39 is 0 Å². The predicted octanol–water partition coefficient (Wildman–Crippen LogP) is 3.39. The summed E-state index contributed by atoms with van der Waals surface area (Å²) in [5, 5.41) is 21.6. The molecule has 3 rings (SSSR count). The molecular formula is C20H28ClN5O2. The van der Waals surface area contributed by atoms with Crippen LogP contribution in [0.1, 0.15) is 45.4 Å². The Hall–Kier alpha value is -2.12. The number of benzene rings is 1. The van der Waals surface area contributed by atoms with Gasteiger partial charge in [0.25, 0.3) is 0 Å². The highest BCUT2D eigenvalue weighted by molar-refractivity contribution is 6.30. The molecule has 28 heavy (non-hydrogen) atoms. The van der Waals surface area contributed by atoms with Gasteiger partial charge in [-0.05, 0) is 31.9 Å². The van der Waals surface area contributed by atoms with Crippen molar-refractivity contribution >= 4 is 17.6 Å². The topological polar surface area (TPSA) is 95.6 Å². The zero-order valence-electron chi connectivity index (χ0n) is 16.4. The van der Waals surface area contributed by atoms with Crippen molar-refractivity contribution in [1.82, 2.24) is 20.8 Å². The summed E-state index contributed by atoms with van der Waals surface area (Å²) in [4.78, 5) is 8.93. The normalized spacial score (nSPS) is 22.9. The van der Waals surface area contributed by atoms with Crippen LogP contribution in [0.5, 0.6) is 0 Å². The van der Waals surface area contributed by atoms with Gasteiger partial charge in [0.05, 0.1) is 6.10 Å². The summed E-state index contributed by atoms with van der Waals surface area (Å²) in [5.74, 6) is 1.59. The van der Waals surface area contributed by atoms with E-state index in [1.54, 1.807) is 12.1 Å². The molecule has 1 aliphatic rings. The average molecular weight is 406 g/mol. The summed E-state index contributed by atoms with van der Waals surface area (Å²) < 4.78 is 5.31. The smallest absolute Gasteiger partial charge is 0.248 e. The SMILES string of the molecule is CCNC(=NCc1nc(-c2cccc(Cl)c2)no1)NCC1(C)CCCCC1O. The van der Waals surface area contributed by atoms with E-state index in [2.05, 4.69) is 32.7 Å². The summed E-state index contributed by atoms with van der Waals surface area (Å²) in [6, 6.07) is 7.32. The third-order valence-corrected chi connectivity index (χ3v) is 5.44. The lowest BCUT2D eigenvalue weighted by Gasteiger charge is -2.38. The maximum absolute atomic E-state index is 10.4. The van der Waals surface area contributed by atoms with Crippen LogP contribution in [0.4, 0.5) is 0 Å². The Bertz CT molecular complexity index is 809. The van der Waals surface area contributed by atoms with Crippen LogP contribution in [0.3, 0.4) is 0 Å². The molecule has 0 spiro atoms. The largest absolute Gasteiger partial charge is 0.392 e. The van der Waals surface area contributed by atoms with Crippen LogP contribution in [0, 0.1) is 5.41 Å². The quantitative estimate of drug-likeness (QED) is 0.503. The van der Waals surface area contributed by atoms with Crippen molar-refractivity contribution in [2.24, 2.45) is 10.4 Å². The molecule has 3 N–H and O–H groups in total. The molecule has 2 unspecified atom stereocenters. The van der Waals surface area contributed by atoms with Crippen LogP contribution in [0.15, 0.2) is 33.8 Å². The van der Waals surface area contributed by atoms with Gasteiger partial charge >= 0.3 is 0 Å². The molecule has 0 amide bonds. The maximum atomic E-state index is 10.4. The van der Waals surface area contributed by atoms with Crippen molar-refractivity contribution in [3.63, 3.8) is 0 Å². The number of nitrogens with zero attached hydrogens (tertiary/aromatic N) is 3. The third kappa shape index (κ3) is 5.23. The number of nitrogens with one attached hydrogen (secondary N) is 2. The molecule has 1 saturated carbocycles. The molecule has 0 aliphatic heterocycles. The first kappa shape index (κ1) is 20.6. The summed E-state index contributed by atoms with van der Waals surface area (Å²) in [5.41, 5.74) is 0.661. The van der Waals surface area contributed by atoms with Gasteiger partial charge in [0.2, 0.25) is 11.7 Å². The van der Waals surface area contributed by atoms with Gasteiger partial charge in [-0.3, -0.25) is 0 Å². The fourth-order valence-corrected chi connectivity index (χ4v) is 3.62. The minimum atomic E-state index is -0.284. The Kier molecular flexibility index (Phi) is 6.91. The minimum Gasteiger partial charge on any atom is -0.392 e. The summed E-state index contributed by atoms with van der Waals surface area (Å²) >= 11 is 6.02. The second-order valence-electron chi connectivity index (χ2n) is 7.49. The first-order chi connectivity index (χ1) is 13.5. The van der Waals surface area contributed by atoms with Gasteiger partial charge in [-0.1, -0.05) is 48.7 Å². The standard InChI is InChI=1S/C20H28ClN5O2/c1-3-22-19(24-13-20(2)10-5-4-9-16(20)27)23-12-17-25-18(26-28-17)14-7-6-8-15(21)11-14/h6-8,11,16,27H,3-5,9-10,12-13H2,1-2H3,(H2,22,23,24). The Morgan fingerprint density at radius 1 is 1.39 bits per heavy atom. The number of rotatable bonds is 6. The average Bonchev–Trinajstić information content (AvgIpc) is 3.16. The van der Waals surface area contributed by atoms with Gasteiger partial charge in [0, 0.05) is 29.1 Å². The van der Waals surface area contributed by atoms with Crippen molar-refractivity contribution in [1.29, 1.82) is 0 Å². The summed E-state index contributed by atoms with van der Waals surface area (Å²) in [7, 11) is 0. The van der Waals surface area contributed by atoms with Crippen LogP contribution < -0.4 is 10.6 Å². The third-order valence-electron chi connectivity index (χ3n) is 5.21. The monoisotopic (exact) mass is 405 g/mol. The van der Waals surface area contributed by atoms with E-state index in [1.807, 2.05) is 19.1 Å². The second-order valence-corrected chi connectivity index (χ2v) is 7.92. The molecule has 2 aromatic rings. The highest BCUT2D eigenvalue weighted by atomic mass is 35.5. The number of aromatic nitrogens is 2. The predicted molar refractivity (Wildman–Crippen MR) is 110 cm³/mol. The second kappa shape index (κ2) is 9.39. The molecule has 1 aromatic carbocycles. The number of aliphatic imine (C=N–C) groups is 1. The molecule has 1 aromatic heterocycles. The van der Waals surface area contributed by atoms with Gasteiger partial charge in [0.15, 0.2) is 5.96 Å². The van der Waals surface area contributed by atoms with Gasteiger partial charge in [-0.2, -0.15) is 4.98 Å². The van der Waals surface area contributed by atoms with Gasteiger partial charge in [0.1, 0.15) is 6.54 Å².